The van der Waals surface area contributed by atoms with E-state index >= 15 is 0 Å². The van der Waals surface area contributed by atoms with Crippen molar-refractivity contribution in [3.8, 4) is 0 Å². The normalized spacial score (nSPS) is 26.4. The van der Waals surface area contributed by atoms with Gasteiger partial charge in [-0.1, -0.05) is 6.08 Å². The molecule has 0 radical (unpaired) electrons. The van der Waals surface area contributed by atoms with Gasteiger partial charge in [0.05, 0.1) is 5.84 Å². The van der Waals surface area contributed by atoms with Crippen molar-refractivity contribution < 1.29 is 0 Å². The van der Waals surface area contributed by atoms with Crippen LogP contribution >= 0.6 is 11.8 Å². The predicted molar refractivity (Wildman–Crippen MR) is 49.6 cm³/mol. The molecule has 0 saturated carbocycles. The zero-order valence-electron chi connectivity index (χ0n) is 6.50. The van der Waals surface area contributed by atoms with E-state index in [1.54, 1.807) is 11.8 Å². The molecule has 0 amide bonds. The quantitative estimate of drug-likeness (QED) is 0.418. The van der Waals surface area contributed by atoms with Gasteiger partial charge in [-0.3, -0.25) is 5.41 Å². The average Bonchev–Trinajstić information content (AvgIpc) is 2.33. The summed E-state index contributed by atoms with van der Waals surface area (Å²) in [6.07, 6.45) is 2.00. The smallest absolute Gasteiger partial charge is 0.0984 e. The molecule has 1 aliphatic heterocycles. The molecule has 1 heterocycles. The summed E-state index contributed by atoms with van der Waals surface area (Å²) < 4.78 is 0. The van der Waals surface area contributed by atoms with E-state index in [-0.39, 0.29) is 17.8 Å². The van der Waals surface area contributed by atoms with Crippen molar-refractivity contribution in [2.45, 2.75) is 13.0 Å². The summed E-state index contributed by atoms with van der Waals surface area (Å²) in [5.74, 6) is 1.24. The maximum Gasteiger partial charge on any atom is 0.0984 e. The Labute approximate surface area is 70.7 Å². The number of thioether (sulfide) groups is 1. The molecule has 0 bridgehead atoms. The van der Waals surface area contributed by atoms with Crippen LogP contribution in [0.15, 0.2) is 11.0 Å². The summed E-state index contributed by atoms with van der Waals surface area (Å²) in [6.45, 7) is 1.95. The fraction of sp³-hybridized carbons (Fsp3) is 0.571. The Morgan fingerprint density at radius 2 is 2.55 bits per heavy atom. The van der Waals surface area contributed by atoms with Crippen molar-refractivity contribution in [1.29, 1.82) is 5.41 Å². The Morgan fingerprint density at radius 1 is 1.91 bits per heavy atom. The van der Waals surface area contributed by atoms with Crippen molar-refractivity contribution >= 4 is 17.6 Å². The van der Waals surface area contributed by atoms with Crippen LogP contribution in [0, 0.1) is 11.3 Å². The highest BCUT2D eigenvalue weighted by Crippen LogP contribution is 2.30. The van der Waals surface area contributed by atoms with Crippen molar-refractivity contribution in [1.82, 2.24) is 0 Å². The first-order valence-corrected chi connectivity index (χ1v) is 4.54. The molecule has 62 valence electrons. The topological polar surface area (TPSA) is 75.9 Å². The number of nitrogens with one attached hydrogen (secondary N) is 1. The standard InChI is InChI=1S/C7H13N3S/c1-4(8)6-2-5(3-11-6)7(9)10/h2,4-5H,3,8H2,1H3,(H3,9,10)/t4-,5?/m1/s1. The molecule has 3 nitrogen and oxygen atoms in total. The lowest BCUT2D eigenvalue weighted by Crippen LogP contribution is -2.20. The predicted octanol–water partition coefficient (Wildman–Crippen LogP) is 0.516. The molecular weight excluding hydrogens is 158 g/mol. The van der Waals surface area contributed by atoms with Crippen molar-refractivity contribution in [2.24, 2.45) is 17.4 Å². The van der Waals surface area contributed by atoms with E-state index in [9.17, 15) is 0 Å². The second-order valence-electron chi connectivity index (χ2n) is 2.73. The Kier molecular flexibility index (Phi) is 2.57. The van der Waals surface area contributed by atoms with Gasteiger partial charge in [0.15, 0.2) is 0 Å². The van der Waals surface area contributed by atoms with Crippen LogP contribution in [-0.4, -0.2) is 17.6 Å². The van der Waals surface area contributed by atoms with Gasteiger partial charge in [0, 0.05) is 17.7 Å². The Balaban J connectivity index is 2.61. The van der Waals surface area contributed by atoms with Crippen LogP contribution in [0.5, 0.6) is 0 Å². The minimum atomic E-state index is 0.0874. The van der Waals surface area contributed by atoms with Gasteiger partial charge in [-0.2, -0.15) is 0 Å². The maximum absolute atomic E-state index is 7.20. The number of nitrogens with two attached hydrogens (primary N) is 2. The molecule has 1 rings (SSSR count). The summed E-state index contributed by atoms with van der Waals surface area (Å²) >= 11 is 1.70. The molecule has 1 aliphatic rings. The van der Waals surface area contributed by atoms with Gasteiger partial charge < -0.3 is 11.5 Å². The molecule has 5 N–H and O–H groups in total. The van der Waals surface area contributed by atoms with Gasteiger partial charge >= 0.3 is 0 Å². The SMILES string of the molecule is C[C@@H](N)C1=CC(C(=N)N)CS1. The second-order valence-corrected chi connectivity index (χ2v) is 3.82. The van der Waals surface area contributed by atoms with E-state index in [4.69, 9.17) is 16.9 Å². The van der Waals surface area contributed by atoms with Crippen LogP contribution in [0.3, 0.4) is 0 Å². The average molecular weight is 171 g/mol. The summed E-state index contributed by atoms with van der Waals surface area (Å²) in [7, 11) is 0. The van der Waals surface area contributed by atoms with E-state index < -0.39 is 0 Å². The van der Waals surface area contributed by atoms with E-state index in [0.717, 1.165) is 10.7 Å². The Hall–Kier alpha value is -0.480. The van der Waals surface area contributed by atoms with Gasteiger partial charge in [0.25, 0.3) is 0 Å². The fourth-order valence-electron chi connectivity index (χ4n) is 0.943. The molecule has 0 aromatic rings. The van der Waals surface area contributed by atoms with Crippen LogP contribution in [0.2, 0.25) is 0 Å². The fourth-order valence-corrected chi connectivity index (χ4v) is 2.11. The third-order valence-electron chi connectivity index (χ3n) is 1.64. The summed E-state index contributed by atoms with van der Waals surface area (Å²) in [5.41, 5.74) is 11.0. The van der Waals surface area contributed by atoms with E-state index in [1.165, 1.54) is 0 Å². The Morgan fingerprint density at radius 3 is 2.82 bits per heavy atom. The van der Waals surface area contributed by atoms with Crippen LogP contribution < -0.4 is 11.5 Å². The summed E-state index contributed by atoms with van der Waals surface area (Å²) in [5, 5.41) is 7.20. The van der Waals surface area contributed by atoms with E-state index in [2.05, 4.69) is 0 Å². The molecule has 4 heteroatoms. The molecule has 0 aromatic heterocycles. The van der Waals surface area contributed by atoms with E-state index in [0.29, 0.717) is 0 Å². The first-order chi connectivity index (χ1) is 5.11. The van der Waals surface area contributed by atoms with Gasteiger partial charge in [0.1, 0.15) is 0 Å². The van der Waals surface area contributed by atoms with Crippen molar-refractivity contribution in [3.63, 3.8) is 0 Å². The van der Waals surface area contributed by atoms with Crippen LogP contribution in [0.4, 0.5) is 0 Å². The number of hydrogen-bond acceptors (Lipinski definition) is 3. The van der Waals surface area contributed by atoms with Gasteiger partial charge in [-0.15, -0.1) is 11.8 Å². The van der Waals surface area contributed by atoms with Crippen LogP contribution in [0.1, 0.15) is 6.92 Å². The first kappa shape index (κ1) is 8.62. The van der Waals surface area contributed by atoms with Gasteiger partial charge in [-0.05, 0) is 11.8 Å². The van der Waals surface area contributed by atoms with Crippen molar-refractivity contribution in [3.05, 3.63) is 11.0 Å². The molecule has 11 heavy (non-hydrogen) atoms. The van der Waals surface area contributed by atoms with E-state index in [1.807, 2.05) is 13.0 Å². The molecule has 0 saturated heterocycles. The highest BCUT2D eigenvalue weighted by atomic mass is 32.2. The second kappa shape index (κ2) is 3.28. The molecule has 0 spiro atoms. The van der Waals surface area contributed by atoms with Crippen LogP contribution in [-0.2, 0) is 0 Å². The molecule has 2 atom stereocenters. The van der Waals surface area contributed by atoms with Gasteiger partial charge in [-0.25, -0.2) is 0 Å². The monoisotopic (exact) mass is 171 g/mol. The number of rotatable bonds is 2. The third-order valence-corrected chi connectivity index (χ3v) is 3.01. The summed E-state index contributed by atoms with van der Waals surface area (Å²) in [6, 6.07) is 0.0874. The lowest BCUT2D eigenvalue weighted by atomic mass is 10.1. The third kappa shape index (κ3) is 1.97. The van der Waals surface area contributed by atoms with Crippen LogP contribution in [0.25, 0.3) is 0 Å². The molecule has 0 fully saturated rings. The molecular formula is C7H13N3S. The zero-order chi connectivity index (χ0) is 8.43. The highest BCUT2D eigenvalue weighted by Gasteiger charge is 2.20. The summed E-state index contributed by atoms with van der Waals surface area (Å²) in [4.78, 5) is 1.16. The largest absolute Gasteiger partial charge is 0.387 e. The molecule has 0 aliphatic carbocycles. The Bertz CT molecular complexity index is 198. The number of hydrogen-bond donors (Lipinski definition) is 3. The van der Waals surface area contributed by atoms with Crippen molar-refractivity contribution in [2.75, 3.05) is 5.75 Å². The molecule has 1 unspecified atom stereocenters. The van der Waals surface area contributed by atoms with Gasteiger partial charge in [0.2, 0.25) is 0 Å². The highest BCUT2D eigenvalue weighted by molar-refractivity contribution is 8.03. The molecule has 0 aromatic carbocycles. The lowest BCUT2D eigenvalue weighted by Gasteiger charge is -2.02. The number of amidine groups is 1. The first-order valence-electron chi connectivity index (χ1n) is 3.55. The zero-order valence-corrected chi connectivity index (χ0v) is 7.32. The lowest BCUT2D eigenvalue weighted by molar-refractivity contribution is 0.899. The minimum absolute atomic E-state index is 0.0874. The minimum Gasteiger partial charge on any atom is -0.387 e. The maximum atomic E-state index is 7.20.